The van der Waals surface area contributed by atoms with E-state index in [2.05, 4.69) is 13.2 Å². The molecule has 1 aromatic carbocycles. The maximum Gasteiger partial charge on any atom is 0.133 e. The lowest BCUT2D eigenvalue weighted by molar-refractivity contribution is 0.406. The second kappa shape index (κ2) is 3.81. The topological polar surface area (TPSA) is 29.5 Å². The fourth-order valence-electron chi connectivity index (χ4n) is 1.15. The molecule has 2 nitrogen and oxygen atoms in total. The lowest BCUT2D eigenvalue weighted by Crippen LogP contribution is -1.88. The molecule has 1 aromatic rings. The van der Waals surface area contributed by atoms with Crippen molar-refractivity contribution in [3.8, 4) is 11.5 Å². The van der Waals surface area contributed by atoms with Gasteiger partial charge in [-0.25, -0.2) is 0 Å². The number of phenolic OH excluding ortho intramolecular Hbond substituents is 1. The van der Waals surface area contributed by atoms with Crippen LogP contribution < -0.4 is 4.74 Å². The molecule has 1 rings (SSSR count). The van der Waals surface area contributed by atoms with Crippen LogP contribution in [0.25, 0.3) is 12.2 Å². The van der Waals surface area contributed by atoms with Crippen molar-refractivity contribution in [3.63, 3.8) is 0 Å². The lowest BCUT2D eigenvalue weighted by atomic mass is 10.1. The Morgan fingerprint density at radius 3 is 2.46 bits per heavy atom. The number of methoxy groups -OCH3 is 1. The molecule has 1 N–H and O–H groups in total. The minimum absolute atomic E-state index is 0.157. The summed E-state index contributed by atoms with van der Waals surface area (Å²) in [6, 6.07) is 3.52. The number of phenols is 1. The van der Waals surface area contributed by atoms with Gasteiger partial charge in [0.1, 0.15) is 11.5 Å². The van der Waals surface area contributed by atoms with Gasteiger partial charge in [0.25, 0.3) is 0 Å². The lowest BCUT2D eigenvalue weighted by Gasteiger charge is -2.08. The van der Waals surface area contributed by atoms with E-state index in [0.29, 0.717) is 16.9 Å². The Morgan fingerprint density at radius 1 is 1.31 bits per heavy atom. The third-order valence-corrected chi connectivity index (χ3v) is 1.85. The average Bonchev–Trinajstić information content (AvgIpc) is 2.17. The molecule has 0 saturated heterocycles. The van der Waals surface area contributed by atoms with E-state index in [4.69, 9.17) is 4.74 Å². The number of benzene rings is 1. The van der Waals surface area contributed by atoms with Crippen LogP contribution in [0.4, 0.5) is 0 Å². The van der Waals surface area contributed by atoms with Crippen LogP contribution in [0.2, 0.25) is 0 Å². The third kappa shape index (κ3) is 1.56. The molecule has 0 amide bonds. The molecule has 0 heterocycles. The van der Waals surface area contributed by atoms with Crippen LogP contribution >= 0.6 is 0 Å². The van der Waals surface area contributed by atoms with Gasteiger partial charge in [-0.15, -0.1) is 0 Å². The van der Waals surface area contributed by atoms with Gasteiger partial charge < -0.3 is 9.84 Å². The largest absolute Gasteiger partial charge is 0.507 e. The van der Waals surface area contributed by atoms with E-state index in [0.717, 1.165) is 0 Å². The van der Waals surface area contributed by atoms with Crippen LogP contribution in [0.3, 0.4) is 0 Å². The molecule has 13 heavy (non-hydrogen) atoms. The van der Waals surface area contributed by atoms with Crippen LogP contribution in [-0.4, -0.2) is 12.2 Å². The molecule has 0 radical (unpaired) electrons. The predicted molar refractivity (Wildman–Crippen MR) is 54.8 cm³/mol. The minimum atomic E-state index is 0.157. The van der Waals surface area contributed by atoms with E-state index < -0.39 is 0 Å². The predicted octanol–water partition coefficient (Wildman–Crippen LogP) is 2.69. The van der Waals surface area contributed by atoms with E-state index in [9.17, 15) is 5.11 Å². The van der Waals surface area contributed by atoms with E-state index in [1.165, 1.54) is 0 Å². The average molecular weight is 176 g/mol. The van der Waals surface area contributed by atoms with Gasteiger partial charge in [0, 0.05) is 5.56 Å². The number of aromatic hydroxyl groups is 1. The number of hydrogen-bond donors (Lipinski definition) is 1. The van der Waals surface area contributed by atoms with Gasteiger partial charge in [-0.3, -0.25) is 0 Å². The first kappa shape index (κ1) is 9.39. The van der Waals surface area contributed by atoms with Crippen molar-refractivity contribution >= 4 is 12.2 Å². The first-order valence-electron chi connectivity index (χ1n) is 3.89. The number of rotatable bonds is 3. The Morgan fingerprint density at radius 2 is 2.00 bits per heavy atom. The first-order valence-corrected chi connectivity index (χ1v) is 3.89. The van der Waals surface area contributed by atoms with Gasteiger partial charge in [-0.2, -0.15) is 0 Å². The van der Waals surface area contributed by atoms with Crippen molar-refractivity contribution < 1.29 is 9.84 Å². The summed E-state index contributed by atoms with van der Waals surface area (Å²) in [5.41, 5.74) is 1.27. The highest BCUT2D eigenvalue weighted by Crippen LogP contribution is 2.32. The van der Waals surface area contributed by atoms with Gasteiger partial charge >= 0.3 is 0 Å². The maximum atomic E-state index is 9.68. The second-order valence-electron chi connectivity index (χ2n) is 2.53. The van der Waals surface area contributed by atoms with Crippen molar-refractivity contribution in [2.24, 2.45) is 0 Å². The molecule has 0 bridgehead atoms. The molecular weight excluding hydrogens is 164 g/mol. The molecule has 0 aliphatic heterocycles. The molecule has 0 aromatic heterocycles. The highest BCUT2D eigenvalue weighted by atomic mass is 16.5. The van der Waals surface area contributed by atoms with Gasteiger partial charge in [0.05, 0.1) is 12.7 Å². The summed E-state index contributed by atoms with van der Waals surface area (Å²) in [4.78, 5) is 0. The molecule has 0 aliphatic carbocycles. The Hall–Kier alpha value is -1.70. The van der Waals surface area contributed by atoms with Crippen LogP contribution in [-0.2, 0) is 0 Å². The van der Waals surface area contributed by atoms with Crippen LogP contribution in [0.5, 0.6) is 11.5 Å². The molecular formula is C11H12O2. The summed E-state index contributed by atoms with van der Waals surface area (Å²) in [5.74, 6) is 0.766. The van der Waals surface area contributed by atoms with Crippen molar-refractivity contribution in [2.75, 3.05) is 7.11 Å². The molecule has 0 unspecified atom stereocenters. The van der Waals surface area contributed by atoms with Crippen molar-refractivity contribution in [1.29, 1.82) is 0 Å². The van der Waals surface area contributed by atoms with Gasteiger partial charge in [0.2, 0.25) is 0 Å². The molecule has 0 aliphatic rings. The zero-order chi connectivity index (χ0) is 9.84. The summed E-state index contributed by atoms with van der Waals surface area (Å²) in [6.45, 7) is 7.19. The quantitative estimate of drug-likeness (QED) is 0.767. The van der Waals surface area contributed by atoms with Crippen molar-refractivity contribution in [2.45, 2.75) is 0 Å². The fourth-order valence-corrected chi connectivity index (χ4v) is 1.15. The normalized spacial score (nSPS) is 9.31. The molecule has 68 valence electrons. The molecule has 0 atom stereocenters. The van der Waals surface area contributed by atoms with E-state index in [1.807, 2.05) is 0 Å². The minimum Gasteiger partial charge on any atom is -0.507 e. The Balaban J connectivity index is 3.39. The van der Waals surface area contributed by atoms with E-state index >= 15 is 0 Å². The Labute approximate surface area is 77.8 Å². The highest BCUT2D eigenvalue weighted by Gasteiger charge is 2.07. The summed E-state index contributed by atoms with van der Waals surface area (Å²) < 4.78 is 5.05. The zero-order valence-electron chi connectivity index (χ0n) is 7.58. The fraction of sp³-hybridized carbons (Fsp3) is 0.0909. The van der Waals surface area contributed by atoms with Crippen molar-refractivity contribution in [1.82, 2.24) is 0 Å². The SMILES string of the molecule is C=Cc1ccc(OC)c(C=C)c1O. The van der Waals surface area contributed by atoms with E-state index in [1.54, 1.807) is 31.4 Å². The van der Waals surface area contributed by atoms with Crippen LogP contribution in [0.15, 0.2) is 25.3 Å². The Bertz CT molecular complexity index is 340. The van der Waals surface area contributed by atoms with Gasteiger partial charge in [-0.1, -0.05) is 25.3 Å². The Kier molecular flexibility index (Phi) is 2.75. The highest BCUT2D eigenvalue weighted by molar-refractivity contribution is 5.70. The standard InChI is InChI=1S/C11H12O2/c1-4-8-6-7-10(13-3)9(5-2)11(8)12/h4-7,12H,1-2H2,3H3. The van der Waals surface area contributed by atoms with Gasteiger partial charge in [-0.05, 0) is 12.1 Å². The summed E-state index contributed by atoms with van der Waals surface area (Å²) in [5, 5.41) is 9.68. The zero-order valence-corrected chi connectivity index (χ0v) is 7.58. The number of hydrogen-bond acceptors (Lipinski definition) is 2. The van der Waals surface area contributed by atoms with Crippen LogP contribution in [0, 0.1) is 0 Å². The summed E-state index contributed by atoms with van der Waals surface area (Å²) >= 11 is 0. The molecule has 0 fully saturated rings. The summed E-state index contributed by atoms with van der Waals surface area (Å²) in [6.07, 6.45) is 3.14. The van der Waals surface area contributed by atoms with E-state index in [-0.39, 0.29) is 5.75 Å². The summed E-state index contributed by atoms with van der Waals surface area (Å²) in [7, 11) is 1.55. The van der Waals surface area contributed by atoms with Crippen LogP contribution in [0.1, 0.15) is 11.1 Å². The molecule has 0 spiro atoms. The molecule has 2 heteroatoms. The second-order valence-corrected chi connectivity index (χ2v) is 2.53. The smallest absolute Gasteiger partial charge is 0.133 e. The number of ether oxygens (including phenoxy) is 1. The molecule has 0 saturated carbocycles. The van der Waals surface area contributed by atoms with Gasteiger partial charge in [0.15, 0.2) is 0 Å². The van der Waals surface area contributed by atoms with Crippen molar-refractivity contribution in [3.05, 3.63) is 36.4 Å². The monoisotopic (exact) mass is 176 g/mol. The first-order chi connectivity index (χ1) is 6.24. The maximum absolute atomic E-state index is 9.68. The third-order valence-electron chi connectivity index (χ3n) is 1.85.